The van der Waals surface area contributed by atoms with Gasteiger partial charge in [-0.05, 0) is 26.2 Å². The molecule has 1 fully saturated rings. The summed E-state index contributed by atoms with van der Waals surface area (Å²) in [6, 6.07) is 0.556. The Hall–Kier alpha value is -0.570. The minimum Gasteiger partial charge on any atom is -0.481 e. The maximum absolute atomic E-state index is 11.0. The van der Waals surface area contributed by atoms with Gasteiger partial charge in [0.2, 0.25) is 0 Å². The second-order valence-electron chi connectivity index (χ2n) is 4.58. The van der Waals surface area contributed by atoms with Crippen molar-refractivity contribution < 1.29 is 9.90 Å². The van der Waals surface area contributed by atoms with E-state index >= 15 is 0 Å². The van der Waals surface area contributed by atoms with E-state index in [2.05, 4.69) is 5.32 Å². The summed E-state index contributed by atoms with van der Waals surface area (Å²) in [5.74, 6) is -0.689. The van der Waals surface area contributed by atoms with Crippen LogP contribution in [0.15, 0.2) is 0 Å². The number of hydrogen-bond acceptors (Lipinski definition) is 2. The van der Waals surface area contributed by atoms with Crippen molar-refractivity contribution in [1.82, 2.24) is 5.32 Å². The Morgan fingerprint density at radius 2 is 2.07 bits per heavy atom. The third-order valence-electron chi connectivity index (χ3n) is 3.43. The molecule has 0 aromatic heterocycles. The van der Waals surface area contributed by atoms with Crippen molar-refractivity contribution in [2.75, 3.05) is 6.54 Å². The SMILES string of the molecule is CCC(C)(CNC1CCCC1)C(=O)O. The minimum absolute atomic E-state index is 0.556. The third kappa shape index (κ3) is 2.71. The number of aliphatic carboxylic acids is 1. The summed E-state index contributed by atoms with van der Waals surface area (Å²) in [5.41, 5.74) is -0.595. The van der Waals surface area contributed by atoms with Crippen LogP contribution in [0.5, 0.6) is 0 Å². The Morgan fingerprint density at radius 1 is 1.50 bits per heavy atom. The molecule has 0 radical (unpaired) electrons. The van der Waals surface area contributed by atoms with Gasteiger partial charge >= 0.3 is 5.97 Å². The Balaban J connectivity index is 2.36. The first-order valence-electron chi connectivity index (χ1n) is 5.55. The maximum atomic E-state index is 11.0. The van der Waals surface area contributed by atoms with Gasteiger partial charge in [0.15, 0.2) is 0 Å². The molecule has 0 heterocycles. The van der Waals surface area contributed by atoms with Crippen molar-refractivity contribution in [2.45, 2.75) is 52.0 Å². The van der Waals surface area contributed by atoms with Crippen molar-refractivity contribution in [3.05, 3.63) is 0 Å². The molecular weight excluding hydrogens is 178 g/mol. The van der Waals surface area contributed by atoms with Crippen molar-refractivity contribution >= 4 is 5.97 Å². The van der Waals surface area contributed by atoms with Crippen LogP contribution in [0, 0.1) is 5.41 Å². The molecule has 0 spiro atoms. The fraction of sp³-hybridized carbons (Fsp3) is 0.909. The van der Waals surface area contributed by atoms with E-state index in [0.29, 0.717) is 19.0 Å². The van der Waals surface area contributed by atoms with E-state index < -0.39 is 11.4 Å². The van der Waals surface area contributed by atoms with Crippen molar-refractivity contribution in [3.8, 4) is 0 Å². The molecule has 3 heteroatoms. The molecule has 0 aromatic carbocycles. The number of rotatable bonds is 5. The number of carboxylic acids is 1. The Kier molecular flexibility index (Phi) is 3.93. The standard InChI is InChI=1S/C11H21NO2/c1-3-11(2,10(13)14)8-12-9-6-4-5-7-9/h9,12H,3-8H2,1-2H3,(H,13,14). The molecule has 0 saturated heterocycles. The van der Waals surface area contributed by atoms with Crippen LogP contribution in [-0.4, -0.2) is 23.7 Å². The smallest absolute Gasteiger partial charge is 0.310 e. The third-order valence-corrected chi connectivity index (χ3v) is 3.43. The van der Waals surface area contributed by atoms with Gasteiger partial charge in [0.1, 0.15) is 0 Å². The van der Waals surface area contributed by atoms with Crippen molar-refractivity contribution in [1.29, 1.82) is 0 Å². The highest BCUT2D eigenvalue weighted by atomic mass is 16.4. The van der Waals surface area contributed by atoms with Crippen LogP contribution in [0.1, 0.15) is 46.0 Å². The first-order valence-corrected chi connectivity index (χ1v) is 5.55. The average Bonchev–Trinajstić information content (AvgIpc) is 2.66. The summed E-state index contributed by atoms with van der Waals surface area (Å²) < 4.78 is 0. The lowest BCUT2D eigenvalue weighted by molar-refractivity contribution is -0.147. The molecule has 1 atom stereocenters. The molecule has 2 N–H and O–H groups in total. The number of nitrogens with one attached hydrogen (secondary N) is 1. The zero-order valence-electron chi connectivity index (χ0n) is 9.18. The van der Waals surface area contributed by atoms with Gasteiger partial charge in [-0.2, -0.15) is 0 Å². The molecule has 0 aromatic rings. The monoisotopic (exact) mass is 199 g/mol. The quantitative estimate of drug-likeness (QED) is 0.712. The van der Waals surface area contributed by atoms with Gasteiger partial charge in [0, 0.05) is 12.6 Å². The van der Waals surface area contributed by atoms with Crippen LogP contribution >= 0.6 is 0 Å². The van der Waals surface area contributed by atoms with E-state index in [1.54, 1.807) is 0 Å². The topological polar surface area (TPSA) is 49.3 Å². The van der Waals surface area contributed by atoms with Gasteiger partial charge in [-0.15, -0.1) is 0 Å². The molecule has 0 amide bonds. The van der Waals surface area contributed by atoms with Gasteiger partial charge in [0.25, 0.3) is 0 Å². The van der Waals surface area contributed by atoms with Crippen LogP contribution in [-0.2, 0) is 4.79 Å². The summed E-state index contributed by atoms with van der Waals surface area (Å²) in [5, 5.41) is 12.4. The molecule has 0 aliphatic heterocycles. The molecule has 82 valence electrons. The molecule has 1 unspecified atom stereocenters. The fourth-order valence-electron chi connectivity index (χ4n) is 1.85. The van der Waals surface area contributed by atoms with E-state index in [9.17, 15) is 4.79 Å². The van der Waals surface area contributed by atoms with Gasteiger partial charge < -0.3 is 10.4 Å². The minimum atomic E-state index is -0.689. The van der Waals surface area contributed by atoms with Gasteiger partial charge in [-0.25, -0.2) is 0 Å². The predicted molar refractivity (Wildman–Crippen MR) is 56.3 cm³/mol. The largest absolute Gasteiger partial charge is 0.481 e. The van der Waals surface area contributed by atoms with E-state index in [0.717, 1.165) is 0 Å². The molecule has 1 rings (SSSR count). The van der Waals surface area contributed by atoms with E-state index in [1.807, 2.05) is 13.8 Å². The molecule has 14 heavy (non-hydrogen) atoms. The lowest BCUT2D eigenvalue weighted by Gasteiger charge is -2.25. The molecule has 1 saturated carbocycles. The lowest BCUT2D eigenvalue weighted by atomic mass is 9.87. The predicted octanol–water partition coefficient (Wildman–Crippen LogP) is 2.02. The fourth-order valence-corrected chi connectivity index (χ4v) is 1.85. The molecule has 0 bridgehead atoms. The van der Waals surface area contributed by atoms with E-state index in [4.69, 9.17) is 5.11 Å². The summed E-state index contributed by atoms with van der Waals surface area (Å²) >= 11 is 0. The Labute approximate surface area is 85.9 Å². The summed E-state index contributed by atoms with van der Waals surface area (Å²) in [6.45, 7) is 4.35. The second-order valence-corrected chi connectivity index (χ2v) is 4.58. The summed E-state index contributed by atoms with van der Waals surface area (Å²) in [6.07, 6.45) is 5.67. The first-order chi connectivity index (χ1) is 6.58. The van der Waals surface area contributed by atoms with Gasteiger partial charge in [0.05, 0.1) is 5.41 Å². The normalized spacial score (nSPS) is 22.1. The Bertz CT molecular complexity index is 199. The molecule has 3 nitrogen and oxygen atoms in total. The molecular formula is C11H21NO2. The Morgan fingerprint density at radius 3 is 2.50 bits per heavy atom. The second kappa shape index (κ2) is 4.78. The highest BCUT2D eigenvalue weighted by molar-refractivity contribution is 5.74. The van der Waals surface area contributed by atoms with Crippen LogP contribution < -0.4 is 5.32 Å². The zero-order valence-corrected chi connectivity index (χ0v) is 9.18. The molecule has 1 aliphatic carbocycles. The van der Waals surface area contributed by atoms with Crippen LogP contribution in [0.4, 0.5) is 0 Å². The molecule has 1 aliphatic rings. The van der Waals surface area contributed by atoms with Crippen LogP contribution in [0.25, 0.3) is 0 Å². The maximum Gasteiger partial charge on any atom is 0.310 e. The highest BCUT2D eigenvalue weighted by Crippen LogP contribution is 2.23. The van der Waals surface area contributed by atoms with E-state index in [1.165, 1.54) is 25.7 Å². The van der Waals surface area contributed by atoms with E-state index in [-0.39, 0.29) is 0 Å². The highest BCUT2D eigenvalue weighted by Gasteiger charge is 2.31. The number of hydrogen-bond donors (Lipinski definition) is 2. The van der Waals surface area contributed by atoms with Crippen LogP contribution in [0.2, 0.25) is 0 Å². The van der Waals surface area contributed by atoms with Crippen LogP contribution in [0.3, 0.4) is 0 Å². The zero-order chi connectivity index (χ0) is 10.6. The average molecular weight is 199 g/mol. The summed E-state index contributed by atoms with van der Waals surface area (Å²) in [7, 11) is 0. The summed E-state index contributed by atoms with van der Waals surface area (Å²) in [4.78, 5) is 11.0. The number of carbonyl (C=O) groups is 1. The van der Waals surface area contributed by atoms with Gasteiger partial charge in [-0.1, -0.05) is 19.8 Å². The van der Waals surface area contributed by atoms with Crippen molar-refractivity contribution in [2.24, 2.45) is 5.41 Å². The van der Waals surface area contributed by atoms with Crippen molar-refractivity contribution in [3.63, 3.8) is 0 Å². The van der Waals surface area contributed by atoms with Gasteiger partial charge in [-0.3, -0.25) is 4.79 Å². The number of carboxylic acid groups (broad SMARTS) is 1. The first kappa shape index (κ1) is 11.5. The lowest BCUT2D eigenvalue weighted by Crippen LogP contribution is -2.41.